The van der Waals surface area contributed by atoms with Crippen LogP contribution in [0.2, 0.25) is 0 Å². The SMILES string of the molecule is CCCNCc1ccc(-n2cc(C(F)(F)F)cn2)c(C)c1. The van der Waals surface area contributed by atoms with Crippen LogP contribution in [0.3, 0.4) is 0 Å². The van der Waals surface area contributed by atoms with Crippen molar-refractivity contribution >= 4 is 0 Å². The lowest BCUT2D eigenvalue weighted by atomic mass is 10.1. The molecule has 0 aliphatic heterocycles. The van der Waals surface area contributed by atoms with E-state index in [1.807, 2.05) is 19.1 Å². The van der Waals surface area contributed by atoms with Crippen LogP contribution in [-0.2, 0) is 12.7 Å². The van der Waals surface area contributed by atoms with Crippen molar-refractivity contribution in [3.8, 4) is 5.69 Å². The van der Waals surface area contributed by atoms with Crippen molar-refractivity contribution in [1.29, 1.82) is 0 Å². The van der Waals surface area contributed by atoms with Crippen molar-refractivity contribution in [2.45, 2.75) is 33.0 Å². The fourth-order valence-corrected chi connectivity index (χ4v) is 2.10. The average Bonchev–Trinajstić information content (AvgIpc) is 2.88. The Morgan fingerprint density at radius 2 is 2.05 bits per heavy atom. The first kappa shape index (κ1) is 15.6. The number of rotatable bonds is 5. The number of nitrogens with zero attached hydrogens (tertiary/aromatic N) is 2. The highest BCUT2D eigenvalue weighted by Gasteiger charge is 2.32. The van der Waals surface area contributed by atoms with Crippen LogP contribution < -0.4 is 5.32 Å². The van der Waals surface area contributed by atoms with Gasteiger partial charge in [0.1, 0.15) is 0 Å². The van der Waals surface area contributed by atoms with Crippen LogP contribution in [0.1, 0.15) is 30.0 Å². The number of hydrogen-bond donors (Lipinski definition) is 1. The third-order valence-electron chi connectivity index (χ3n) is 3.17. The maximum Gasteiger partial charge on any atom is 0.419 e. The highest BCUT2D eigenvalue weighted by molar-refractivity contribution is 5.42. The monoisotopic (exact) mass is 297 g/mol. The summed E-state index contributed by atoms with van der Waals surface area (Å²) in [4.78, 5) is 0. The molecule has 0 saturated carbocycles. The second-order valence-corrected chi connectivity index (χ2v) is 4.97. The molecule has 1 heterocycles. The maximum atomic E-state index is 12.6. The largest absolute Gasteiger partial charge is 0.419 e. The van der Waals surface area contributed by atoms with E-state index in [1.165, 1.54) is 4.68 Å². The first-order valence-corrected chi connectivity index (χ1v) is 6.84. The summed E-state index contributed by atoms with van der Waals surface area (Å²) < 4.78 is 39.0. The topological polar surface area (TPSA) is 29.9 Å². The van der Waals surface area contributed by atoms with Gasteiger partial charge < -0.3 is 5.32 Å². The molecule has 0 amide bonds. The highest BCUT2D eigenvalue weighted by atomic mass is 19.4. The van der Waals surface area contributed by atoms with E-state index < -0.39 is 11.7 Å². The lowest BCUT2D eigenvalue weighted by Crippen LogP contribution is -2.14. The maximum absolute atomic E-state index is 12.6. The van der Waals surface area contributed by atoms with Crippen LogP contribution in [0.5, 0.6) is 0 Å². The summed E-state index contributed by atoms with van der Waals surface area (Å²) in [6, 6.07) is 5.66. The van der Waals surface area contributed by atoms with Crippen molar-refractivity contribution < 1.29 is 13.2 Å². The molecule has 0 bridgehead atoms. The van der Waals surface area contributed by atoms with Crippen LogP contribution in [0.25, 0.3) is 5.69 Å². The number of halogens is 3. The molecule has 2 aromatic rings. The van der Waals surface area contributed by atoms with Gasteiger partial charge in [0.25, 0.3) is 0 Å². The summed E-state index contributed by atoms with van der Waals surface area (Å²) in [5, 5.41) is 7.09. The highest BCUT2D eigenvalue weighted by Crippen LogP contribution is 2.29. The van der Waals surface area contributed by atoms with Crippen LogP contribution in [0, 0.1) is 6.92 Å². The summed E-state index contributed by atoms with van der Waals surface area (Å²) >= 11 is 0. The molecule has 0 fully saturated rings. The molecule has 0 saturated heterocycles. The number of aromatic nitrogens is 2. The predicted octanol–water partition coefficient (Wildman–Crippen LogP) is 3.70. The van der Waals surface area contributed by atoms with Crippen molar-refractivity contribution in [3.05, 3.63) is 47.3 Å². The van der Waals surface area contributed by atoms with E-state index in [2.05, 4.69) is 17.3 Å². The van der Waals surface area contributed by atoms with Gasteiger partial charge in [0.2, 0.25) is 0 Å². The molecular formula is C15H18F3N3. The second kappa shape index (κ2) is 6.30. The molecule has 0 aliphatic rings. The Kier molecular flexibility index (Phi) is 4.67. The fourth-order valence-electron chi connectivity index (χ4n) is 2.10. The number of nitrogens with one attached hydrogen (secondary N) is 1. The smallest absolute Gasteiger partial charge is 0.313 e. The molecule has 2 rings (SSSR count). The molecule has 0 atom stereocenters. The molecular weight excluding hydrogens is 279 g/mol. The Bertz CT molecular complexity index is 602. The summed E-state index contributed by atoms with van der Waals surface area (Å²) in [5.74, 6) is 0. The predicted molar refractivity (Wildman–Crippen MR) is 75.3 cm³/mol. The van der Waals surface area contributed by atoms with Gasteiger partial charge in [0.05, 0.1) is 17.4 Å². The average molecular weight is 297 g/mol. The quantitative estimate of drug-likeness (QED) is 0.853. The Labute approximate surface area is 121 Å². The third-order valence-corrected chi connectivity index (χ3v) is 3.17. The van der Waals surface area contributed by atoms with Gasteiger partial charge in [0, 0.05) is 12.7 Å². The summed E-state index contributed by atoms with van der Waals surface area (Å²) in [5.41, 5.74) is 1.91. The summed E-state index contributed by atoms with van der Waals surface area (Å²) in [7, 11) is 0. The van der Waals surface area contributed by atoms with E-state index in [9.17, 15) is 13.2 Å². The van der Waals surface area contributed by atoms with Gasteiger partial charge >= 0.3 is 6.18 Å². The van der Waals surface area contributed by atoms with Gasteiger partial charge in [-0.25, -0.2) is 4.68 Å². The molecule has 0 aliphatic carbocycles. The Morgan fingerprint density at radius 1 is 1.29 bits per heavy atom. The van der Waals surface area contributed by atoms with E-state index >= 15 is 0 Å². The van der Waals surface area contributed by atoms with Gasteiger partial charge in [-0.1, -0.05) is 19.1 Å². The Balaban J connectivity index is 2.19. The van der Waals surface area contributed by atoms with E-state index in [0.29, 0.717) is 5.69 Å². The Morgan fingerprint density at radius 3 is 2.62 bits per heavy atom. The molecule has 1 N–H and O–H groups in total. The van der Waals surface area contributed by atoms with Gasteiger partial charge in [-0.05, 0) is 37.1 Å². The third kappa shape index (κ3) is 3.85. The zero-order chi connectivity index (χ0) is 15.5. The summed E-state index contributed by atoms with van der Waals surface area (Å²) in [6.45, 7) is 5.65. The number of benzene rings is 1. The minimum absolute atomic E-state index is 0.657. The molecule has 3 nitrogen and oxygen atoms in total. The minimum Gasteiger partial charge on any atom is -0.313 e. The van der Waals surface area contributed by atoms with Gasteiger partial charge in [-0.15, -0.1) is 0 Å². The van der Waals surface area contributed by atoms with Gasteiger partial charge in [-0.2, -0.15) is 18.3 Å². The van der Waals surface area contributed by atoms with E-state index in [1.54, 1.807) is 6.07 Å². The van der Waals surface area contributed by atoms with E-state index in [-0.39, 0.29) is 0 Å². The van der Waals surface area contributed by atoms with Crippen LogP contribution in [0.4, 0.5) is 13.2 Å². The lowest BCUT2D eigenvalue weighted by molar-refractivity contribution is -0.137. The lowest BCUT2D eigenvalue weighted by Gasteiger charge is -2.09. The normalized spacial score (nSPS) is 11.9. The van der Waals surface area contributed by atoms with Gasteiger partial charge in [-0.3, -0.25) is 0 Å². The van der Waals surface area contributed by atoms with Crippen molar-refractivity contribution in [3.63, 3.8) is 0 Å². The number of alkyl halides is 3. The first-order chi connectivity index (χ1) is 9.91. The molecule has 6 heteroatoms. The van der Waals surface area contributed by atoms with Crippen LogP contribution in [0.15, 0.2) is 30.6 Å². The molecule has 1 aromatic carbocycles. The fraction of sp³-hybridized carbons (Fsp3) is 0.400. The minimum atomic E-state index is -4.36. The summed E-state index contributed by atoms with van der Waals surface area (Å²) in [6.07, 6.45) is -1.45. The van der Waals surface area contributed by atoms with Crippen LogP contribution >= 0.6 is 0 Å². The molecule has 21 heavy (non-hydrogen) atoms. The standard InChI is InChI=1S/C15H18F3N3/c1-3-6-19-8-12-4-5-14(11(2)7-12)21-10-13(9-20-21)15(16,17)18/h4-5,7,9-10,19H,3,6,8H2,1-2H3. The second-order valence-electron chi connectivity index (χ2n) is 4.97. The van der Waals surface area contributed by atoms with Gasteiger partial charge in [0.15, 0.2) is 0 Å². The van der Waals surface area contributed by atoms with Crippen LogP contribution in [-0.4, -0.2) is 16.3 Å². The van der Waals surface area contributed by atoms with E-state index in [4.69, 9.17) is 0 Å². The first-order valence-electron chi connectivity index (χ1n) is 6.84. The molecule has 0 radical (unpaired) electrons. The zero-order valence-electron chi connectivity index (χ0n) is 12.0. The van der Waals surface area contributed by atoms with Crippen molar-refractivity contribution in [2.75, 3.05) is 6.54 Å². The van der Waals surface area contributed by atoms with Crippen molar-refractivity contribution in [2.24, 2.45) is 0 Å². The molecule has 0 unspecified atom stereocenters. The van der Waals surface area contributed by atoms with E-state index in [0.717, 1.165) is 43.0 Å². The Hall–Kier alpha value is -1.82. The number of hydrogen-bond acceptors (Lipinski definition) is 2. The van der Waals surface area contributed by atoms with Crippen molar-refractivity contribution in [1.82, 2.24) is 15.1 Å². The molecule has 0 spiro atoms. The molecule has 1 aromatic heterocycles. The zero-order valence-corrected chi connectivity index (χ0v) is 12.0. The molecule has 114 valence electrons. The number of aryl methyl sites for hydroxylation is 1.